The Labute approximate surface area is 73.2 Å². The van der Waals surface area contributed by atoms with Gasteiger partial charge in [-0.25, -0.2) is 0 Å². The Morgan fingerprint density at radius 2 is 2.17 bits per heavy atom. The maximum absolute atomic E-state index is 10.4. The lowest BCUT2D eigenvalue weighted by atomic mass is 10.4. The van der Waals surface area contributed by atoms with Crippen molar-refractivity contribution in [3.63, 3.8) is 0 Å². The number of amides is 1. The third kappa shape index (κ3) is 6.92. The third-order valence-corrected chi connectivity index (χ3v) is 1.34. The molecule has 4 nitrogen and oxygen atoms in total. The van der Waals surface area contributed by atoms with Gasteiger partial charge in [-0.15, -0.1) is 0 Å². The number of nitrogens with two attached hydrogens (primary N) is 1. The fourth-order valence-electron chi connectivity index (χ4n) is 0.616. The molecule has 0 rings (SSSR count). The zero-order valence-corrected chi connectivity index (χ0v) is 7.68. The van der Waals surface area contributed by atoms with Crippen LogP contribution in [0.15, 0.2) is 11.9 Å². The topological polar surface area (TPSA) is 67.2 Å². The lowest BCUT2D eigenvalue weighted by Crippen LogP contribution is -2.28. The number of rotatable bonds is 5. The molecule has 4 N–H and O–H groups in total. The van der Waals surface area contributed by atoms with Crippen molar-refractivity contribution in [2.75, 3.05) is 13.1 Å². The first kappa shape index (κ1) is 10.8. The van der Waals surface area contributed by atoms with Crippen LogP contribution in [0.5, 0.6) is 0 Å². The molecule has 0 radical (unpaired) electrons. The van der Waals surface area contributed by atoms with Crippen LogP contribution in [-0.2, 0) is 4.79 Å². The van der Waals surface area contributed by atoms with Crippen molar-refractivity contribution >= 4 is 5.91 Å². The molecule has 70 valence electrons. The molecule has 0 aromatic carbocycles. The summed E-state index contributed by atoms with van der Waals surface area (Å²) < 4.78 is 0. The summed E-state index contributed by atoms with van der Waals surface area (Å²) >= 11 is 0. The molecule has 0 saturated carbocycles. The van der Waals surface area contributed by atoms with Crippen LogP contribution in [0.3, 0.4) is 0 Å². The second-order valence-corrected chi connectivity index (χ2v) is 2.51. The van der Waals surface area contributed by atoms with E-state index in [2.05, 4.69) is 10.6 Å². The number of hydrogen-bond acceptors (Lipinski definition) is 3. The van der Waals surface area contributed by atoms with Gasteiger partial charge in [-0.2, -0.15) is 0 Å². The average Bonchev–Trinajstić information content (AvgIpc) is 2.03. The minimum absolute atomic E-state index is 0.00996. The van der Waals surface area contributed by atoms with E-state index in [9.17, 15) is 4.79 Å². The van der Waals surface area contributed by atoms with Gasteiger partial charge in [0.1, 0.15) is 0 Å². The van der Waals surface area contributed by atoms with Crippen molar-refractivity contribution in [3.05, 3.63) is 11.9 Å². The third-order valence-electron chi connectivity index (χ3n) is 1.34. The molecule has 0 heterocycles. The fraction of sp³-hybridized carbons (Fsp3) is 0.625. The summed E-state index contributed by atoms with van der Waals surface area (Å²) in [4.78, 5) is 10.4. The predicted molar refractivity (Wildman–Crippen MR) is 49.2 cm³/mol. The second kappa shape index (κ2) is 6.52. The average molecular weight is 171 g/mol. The standard InChI is InChI=1S/C8H17N3O/c1-3-8(9)6-10-4-5-11-7(2)12/h6,10H,3-5,9H2,1-2H3,(H,11,12)/b8-6-. The van der Waals surface area contributed by atoms with Crippen LogP contribution in [0, 0.1) is 0 Å². The number of carbonyl (C=O) groups is 1. The predicted octanol–water partition coefficient (Wildman–Crippen LogP) is -0.0778. The molecule has 0 aliphatic heterocycles. The van der Waals surface area contributed by atoms with E-state index >= 15 is 0 Å². The SMILES string of the molecule is CC/C(N)=C/NCCNC(C)=O. The van der Waals surface area contributed by atoms with Gasteiger partial charge < -0.3 is 16.4 Å². The van der Waals surface area contributed by atoms with Crippen molar-refractivity contribution in [1.29, 1.82) is 0 Å². The maximum Gasteiger partial charge on any atom is 0.216 e. The Kier molecular flexibility index (Phi) is 5.87. The molecule has 0 spiro atoms. The van der Waals surface area contributed by atoms with Crippen LogP contribution in [0.4, 0.5) is 0 Å². The van der Waals surface area contributed by atoms with Gasteiger partial charge in [0.05, 0.1) is 0 Å². The lowest BCUT2D eigenvalue weighted by Gasteiger charge is -2.02. The van der Waals surface area contributed by atoms with Gasteiger partial charge in [-0.05, 0) is 6.42 Å². The van der Waals surface area contributed by atoms with Crippen molar-refractivity contribution in [2.45, 2.75) is 20.3 Å². The normalized spacial score (nSPS) is 11.0. The van der Waals surface area contributed by atoms with E-state index in [0.29, 0.717) is 13.1 Å². The molecule has 0 aliphatic rings. The van der Waals surface area contributed by atoms with Crippen LogP contribution in [0.2, 0.25) is 0 Å². The summed E-state index contributed by atoms with van der Waals surface area (Å²) in [5, 5.41) is 5.66. The Hall–Kier alpha value is -1.19. The van der Waals surface area contributed by atoms with Crippen molar-refractivity contribution < 1.29 is 4.79 Å². The van der Waals surface area contributed by atoms with Crippen molar-refractivity contribution in [1.82, 2.24) is 10.6 Å². The second-order valence-electron chi connectivity index (χ2n) is 2.51. The largest absolute Gasteiger partial charge is 0.401 e. The Bertz CT molecular complexity index is 166. The van der Waals surface area contributed by atoms with E-state index in [1.54, 1.807) is 6.20 Å². The zero-order chi connectivity index (χ0) is 9.40. The van der Waals surface area contributed by atoms with E-state index < -0.39 is 0 Å². The van der Waals surface area contributed by atoms with Gasteiger partial charge in [0, 0.05) is 31.9 Å². The molecule has 0 unspecified atom stereocenters. The first-order valence-electron chi connectivity index (χ1n) is 4.09. The summed E-state index contributed by atoms with van der Waals surface area (Å²) in [6.07, 6.45) is 2.61. The van der Waals surface area contributed by atoms with Crippen LogP contribution in [-0.4, -0.2) is 19.0 Å². The lowest BCUT2D eigenvalue weighted by molar-refractivity contribution is -0.118. The minimum atomic E-state index is -0.00996. The quantitative estimate of drug-likeness (QED) is 0.507. The monoisotopic (exact) mass is 171 g/mol. The van der Waals surface area contributed by atoms with E-state index in [-0.39, 0.29) is 5.91 Å². The summed E-state index contributed by atoms with van der Waals surface area (Å²) in [5.41, 5.74) is 6.34. The molecule has 0 aliphatic carbocycles. The number of allylic oxidation sites excluding steroid dienone is 1. The zero-order valence-electron chi connectivity index (χ0n) is 7.68. The molecular weight excluding hydrogens is 154 g/mol. The molecule has 1 amide bonds. The highest BCUT2D eigenvalue weighted by Crippen LogP contribution is 1.85. The first-order chi connectivity index (χ1) is 5.66. The summed E-state index contributed by atoms with van der Waals surface area (Å²) in [6, 6.07) is 0. The van der Waals surface area contributed by atoms with E-state index in [1.165, 1.54) is 6.92 Å². The highest BCUT2D eigenvalue weighted by molar-refractivity contribution is 5.72. The van der Waals surface area contributed by atoms with Crippen LogP contribution in [0.25, 0.3) is 0 Å². The van der Waals surface area contributed by atoms with Gasteiger partial charge in [0.2, 0.25) is 5.91 Å². The number of hydrogen-bond donors (Lipinski definition) is 3. The van der Waals surface area contributed by atoms with E-state index in [0.717, 1.165) is 12.1 Å². The Morgan fingerprint density at radius 1 is 1.50 bits per heavy atom. The summed E-state index contributed by atoms with van der Waals surface area (Å²) in [7, 11) is 0. The highest BCUT2D eigenvalue weighted by atomic mass is 16.1. The van der Waals surface area contributed by atoms with Crippen LogP contribution < -0.4 is 16.4 Å². The van der Waals surface area contributed by atoms with Crippen LogP contribution in [0.1, 0.15) is 20.3 Å². The fourth-order valence-corrected chi connectivity index (χ4v) is 0.616. The smallest absolute Gasteiger partial charge is 0.216 e. The number of nitrogens with one attached hydrogen (secondary N) is 2. The van der Waals surface area contributed by atoms with Gasteiger partial charge in [0.15, 0.2) is 0 Å². The van der Waals surface area contributed by atoms with Gasteiger partial charge in [-0.1, -0.05) is 6.92 Å². The molecule has 0 fully saturated rings. The van der Waals surface area contributed by atoms with Crippen molar-refractivity contribution in [2.24, 2.45) is 5.73 Å². The van der Waals surface area contributed by atoms with Crippen LogP contribution >= 0.6 is 0 Å². The molecular formula is C8H17N3O. The van der Waals surface area contributed by atoms with Gasteiger partial charge in [-0.3, -0.25) is 4.79 Å². The highest BCUT2D eigenvalue weighted by Gasteiger charge is 1.88. The number of carbonyl (C=O) groups excluding carboxylic acids is 1. The van der Waals surface area contributed by atoms with Gasteiger partial charge in [0.25, 0.3) is 0 Å². The molecule has 0 bridgehead atoms. The van der Waals surface area contributed by atoms with Crippen molar-refractivity contribution in [3.8, 4) is 0 Å². The molecule has 12 heavy (non-hydrogen) atoms. The van der Waals surface area contributed by atoms with Gasteiger partial charge >= 0.3 is 0 Å². The molecule has 0 aromatic rings. The first-order valence-corrected chi connectivity index (χ1v) is 4.09. The molecule has 0 atom stereocenters. The molecule has 0 saturated heterocycles. The molecule has 0 aromatic heterocycles. The Balaban J connectivity index is 3.27. The summed E-state index contributed by atoms with van der Waals surface area (Å²) in [6.45, 7) is 4.82. The maximum atomic E-state index is 10.4. The van der Waals surface area contributed by atoms with E-state index in [4.69, 9.17) is 5.73 Å². The Morgan fingerprint density at radius 3 is 2.67 bits per heavy atom. The molecule has 4 heteroatoms. The minimum Gasteiger partial charge on any atom is -0.401 e. The summed E-state index contributed by atoms with van der Waals surface area (Å²) in [5.74, 6) is -0.00996. The van der Waals surface area contributed by atoms with E-state index in [1.807, 2.05) is 6.92 Å².